The van der Waals surface area contributed by atoms with Crippen LogP contribution < -0.4 is 10.6 Å². The average molecular weight is 579 g/mol. The van der Waals surface area contributed by atoms with Gasteiger partial charge in [-0.05, 0) is 51.1 Å². The summed E-state index contributed by atoms with van der Waals surface area (Å²) < 4.78 is 62.1. The number of guanidine groups is 1. The fraction of sp³-hybridized carbons (Fsp3) is 0.400. The highest BCUT2D eigenvalue weighted by Crippen LogP contribution is 2.42. The number of fused-ring (bicyclic) bond motifs is 1. The third-order valence-corrected chi connectivity index (χ3v) is 8.66. The van der Waals surface area contributed by atoms with Crippen molar-refractivity contribution >= 4 is 39.6 Å². The molecule has 3 amide bonds. The van der Waals surface area contributed by atoms with Crippen LogP contribution in [0.3, 0.4) is 0 Å². The number of pyridine rings is 1. The minimum atomic E-state index is -4.31. The van der Waals surface area contributed by atoms with Crippen LogP contribution in [0.4, 0.5) is 19.3 Å². The summed E-state index contributed by atoms with van der Waals surface area (Å²) >= 11 is 0. The summed E-state index contributed by atoms with van der Waals surface area (Å²) in [5.74, 6) is -3.08. The molecule has 2 N–H and O–H groups in total. The first kappa shape index (κ1) is 28.9. The molecule has 214 valence electrons. The number of halogens is 2. The summed E-state index contributed by atoms with van der Waals surface area (Å²) in [7, 11) is -3.14. The Balaban J connectivity index is 1.81. The number of ether oxygens (including phenoxy) is 1. The number of hydrogen-bond donors (Lipinski definition) is 2. The summed E-state index contributed by atoms with van der Waals surface area (Å²) in [5.41, 5.74) is -2.95. The minimum Gasteiger partial charge on any atom is -0.442 e. The van der Waals surface area contributed by atoms with Crippen LogP contribution in [0.1, 0.15) is 43.7 Å². The monoisotopic (exact) mass is 578 g/mol. The second kappa shape index (κ2) is 10.1. The van der Waals surface area contributed by atoms with Crippen molar-refractivity contribution in [3.8, 4) is 0 Å². The summed E-state index contributed by atoms with van der Waals surface area (Å²) in [4.78, 5) is 46.3. The number of nitrogens with one attached hydrogen (secondary N) is 2. The van der Waals surface area contributed by atoms with Crippen LogP contribution >= 0.6 is 0 Å². The van der Waals surface area contributed by atoms with Crippen LogP contribution in [0.5, 0.6) is 0 Å². The Labute approximate surface area is 229 Å². The predicted molar refractivity (Wildman–Crippen MR) is 140 cm³/mol. The number of aromatic nitrogens is 1. The quantitative estimate of drug-likeness (QED) is 0.563. The number of likely N-dealkylation sites (tertiary alicyclic amines) is 1. The zero-order valence-electron chi connectivity index (χ0n) is 22.4. The lowest BCUT2D eigenvalue weighted by atomic mass is 9.87. The lowest BCUT2D eigenvalue weighted by molar-refractivity contribution is -0.128. The Morgan fingerprint density at radius 3 is 2.50 bits per heavy atom. The van der Waals surface area contributed by atoms with Crippen molar-refractivity contribution in [2.24, 2.45) is 4.99 Å². The maximum absolute atomic E-state index is 15.5. The number of benzene rings is 1. The highest BCUT2D eigenvalue weighted by Gasteiger charge is 2.61. The van der Waals surface area contributed by atoms with Gasteiger partial charge in [-0.2, -0.15) is 0 Å². The molecule has 0 radical (unpaired) electrons. The molecule has 3 heterocycles. The number of nitrogens with zero attached hydrogens (tertiary/aromatic N) is 4. The lowest BCUT2D eigenvalue weighted by Crippen LogP contribution is -2.67. The van der Waals surface area contributed by atoms with Crippen LogP contribution in [0.2, 0.25) is 0 Å². The largest absolute Gasteiger partial charge is 0.442 e. The maximum Gasteiger partial charge on any atom is 0.437 e. The Kier molecular flexibility index (Phi) is 7.30. The van der Waals surface area contributed by atoms with Crippen LogP contribution in [-0.4, -0.2) is 77.5 Å². The Morgan fingerprint density at radius 1 is 1.20 bits per heavy atom. The normalized spacial score (nSPS) is 22.9. The van der Waals surface area contributed by atoms with Crippen molar-refractivity contribution in [3.05, 3.63) is 59.4 Å². The van der Waals surface area contributed by atoms with E-state index in [4.69, 9.17) is 4.74 Å². The lowest BCUT2D eigenvalue weighted by Gasteiger charge is -2.44. The number of carbonyl (C=O) groups excluding carboxylic acids is 3. The van der Waals surface area contributed by atoms with Crippen LogP contribution in [0.15, 0.2) is 41.5 Å². The molecule has 2 saturated heterocycles. The highest BCUT2D eigenvalue weighted by molar-refractivity contribution is 7.90. The molecule has 0 spiro atoms. The van der Waals surface area contributed by atoms with E-state index in [1.807, 2.05) is 0 Å². The van der Waals surface area contributed by atoms with Gasteiger partial charge in [-0.25, -0.2) is 31.3 Å². The second-order valence-electron chi connectivity index (χ2n) is 10.4. The summed E-state index contributed by atoms with van der Waals surface area (Å²) in [6.45, 7) is 5.51. The van der Waals surface area contributed by atoms with Gasteiger partial charge in [0, 0.05) is 38.3 Å². The molecule has 1 aromatic heterocycles. The molecular formula is C25H28F2N6O6S. The highest BCUT2D eigenvalue weighted by atomic mass is 32.2. The van der Waals surface area contributed by atoms with Gasteiger partial charge in [-0.3, -0.25) is 9.59 Å². The van der Waals surface area contributed by atoms with E-state index in [1.54, 1.807) is 20.8 Å². The molecule has 2 atom stereocenters. The number of rotatable bonds is 3. The van der Waals surface area contributed by atoms with Crippen molar-refractivity contribution in [3.63, 3.8) is 0 Å². The molecular weight excluding hydrogens is 550 g/mol. The molecule has 2 fully saturated rings. The van der Waals surface area contributed by atoms with E-state index >= 15 is 4.39 Å². The summed E-state index contributed by atoms with van der Waals surface area (Å²) in [5, 5.41) is 4.05. The molecule has 2 aromatic rings. The van der Waals surface area contributed by atoms with Crippen LogP contribution in [0.25, 0.3) is 0 Å². The van der Waals surface area contributed by atoms with E-state index in [1.165, 1.54) is 31.0 Å². The molecule has 2 aliphatic heterocycles. The number of amides is 3. The van der Waals surface area contributed by atoms with Crippen molar-refractivity contribution in [2.75, 3.05) is 25.5 Å². The third kappa shape index (κ3) is 5.46. The van der Waals surface area contributed by atoms with Gasteiger partial charge in [-0.1, -0.05) is 0 Å². The zero-order valence-corrected chi connectivity index (χ0v) is 23.2. The van der Waals surface area contributed by atoms with Crippen molar-refractivity contribution in [2.45, 2.75) is 44.1 Å². The van der Waals surface area contributed by atoms with Crippen molar-refractivity contribution in [1.82, 2.24) is 19.5 Å². The van der Waals surface area contributed by atoms with E-state index in [9.17, 15) is 27.2 Å². The first-order valence-corrected chi connectivity index (χ1v) is 13.6. The third-order valence-electron chi connectivity index (χ3n) is 6.45. The van der Waals surface area contributed by atoms with Gasteiger partial charge in [0.2, 0.25) is 21.9 Å². The number of anilines is 1. The van der Waals surface area contributed by atoms with Gasteiger partial charge in [-0.15, -0.1) is 4.99 Å². The van der Waals surface area contributed by atoms with Gasteiger partial charge >= 0.3 is 6.09 Å². The Bertz CT molecular complexity index is 1510. The smallest absolute Gasteiger partial charge is 0.437 e. The summed E-state index contributed by atoms with van der Waals surface area (Å²) in [6.07, 6.45) is -0.220. The molecule has 40 heavy (non-hydrogen) atoms. The zero-order chi connectivity index (χ0) is 29.6. The maximum atomic E-state index is 15.5. The van der Waals surface area contributed by atoms with Crippen LogP contribution in [0, 0.1) is 11.6 Å². The Morgan fingerprint density at radius 2 is 1.90 bits per heavy atom. The minimum absolute atomic E-state index is 0.0747. The first-order valence-electron chi connectivity index (χ1n) is 12.1. The number of carbonyl (C=O) groups is 3. The van der Waals surface area contributed by atoms with E-state index < -0.39 is 61.9 Å². The van der Waals surface area contributed by atoms with Gasteiger partial charge < -0.3 is 20.3 Å². The van der Waals surface area contributed by atoms with Gasteiger partial charge in [0.1, 0.15) is 33.7 Å². The van der Waals surface area contributed by atoms with E-state index in [-0.39, 0.29) is 30.0 Å². The van der Waals surface area contributed by atoms with Crippen LogP contribution in [-0.2, 0) is 25.1 Å². The molecule has 0 saturated carbocycles. The van der Waals surface area contributed by atoms with Gasteiger partial charge in [0.05, 0.1) is 6.20 Å². The Hall–Kier alpha value is -4.14. The van der Waals surface area contributed by atoms with E-state index in [0.717, 1.165) is 28.7 Å². The number of aliphatic imine (C=N–C) groups is 1. The molecule has 2 unspecified atom stereocenters. The first-order chi connectivity index (χ1) is 18.5. The molecule has 1 aromatic carbocycles. The molecule has 12 nitrogen and oxygen atoms in total. The number of sulfonamides is 1. The fourth-order valence-corrected chi connectivity index (χ4v) is 6.41. The molecule has 4 rings (SSSR count). The molecule has 2 aliphatic rings. The van der Waals surface area contributed by atoms with Gasteiger partial charge in [0.15, 0.2) is 0 Å². The standard InChI is InChI=1S/C25H28F2N6O6S/c1-14(34)33-12-20-25(13-33,31-22(32(5)40(20,37)38)30-23(36)39-24(2,3)4)17-10-16(7-8-18(17)27)29-21(35)19-9-6-15(26)11-28-19/h6-11,20H,12-13H2,1-5H3,(H,29,35)(H,30,31,36). The molecule has 15 heteroatoms. The van der Waals surface area contributed by atoms with E-state index in [2.05, 4.69) is 20.6 Å². The predicted octanol–water partition coefficient (Wildman–Crippen LogP) is 2.19. The molecule has 0 aliphatic carbocycles. The van der Waals surface area contributed by atoms with Crippen molar-refractivity contribution < 1.29 is 36.3 Å². The van der Waals surface area contributed by atoms with Crippen molar-refractivity contribution in [1.29, 1.82) is 0 Å². The fourth-order valence-electron chi connectivity index (χ4n) is 4.57. The number of hydrogen-bond acceptors (Lipinski definition) is 7. The van der Waals surface area contributed by atoms with E-state index in [0.29, 0.717) is 0 Å². The van der Waals surface area contributed by atoms with Gasteiger partial charge in [0.25, 0.3) is 5.91 Å². The summed E-state index contributed by atoms with van der Waals surface area (Å²) in [6, 6.07) is 5.73. The average Bonchev–Trinajstić information content (AvgIpc) is 3.25. The SMILES string of the molecule is CC(=O)N1CC2C(c3cc(NC(=O)c4ccc(F)cn4)ccc3F)(C1)N/C(=N\C(=O)OC(C)(C)C)N(C)S2(=O)=O. The topological polar surface area (TPSA) is 150 Å². The molecule has 0 bridgehead atoms. The second-order valence-corrected chi connectivity index (χ2v) is 12.6.